The number of aliphatic carboxylic acids is 1. The van der Waals surface area contributed by atoms with E-state index in [1.54, 1.807) is 36.4 Å². The van der Waals surface area contributed by atoms with Crippen molar-refractivity contribution in [2.75, 3.05) is 6.54 Å². The highest BCUT2D eigenvalue weighted by Gasteiger charge is 2.27. The van der Waals surface area contributed by atoms with Crippen LogP contribution >= 0.6 is 23.2 Å². The number of hydrogen-bond acceptors (Lipinski definition) is 4. The number of halogens is 2. The van der Waals surface area contributed by atoms with Gasteiger partial charge in [0.2, 0.25) is 0 Å². The molecule has 1 saturated carbocycles. The van der Waals surface area contributed by atoms with Crippen molar-refractivity contribution in [1.29, 1.82) is 0 Å². The SMILES string of the molecule is O=C(O)CCNC(=O)c1ccc(C(CC(=O)c2ccc(Cl)c(Cl)c2)C(=O)c2ccc(C3CCCCC3)cc2)cc1. The molecular weight excluding hydrogens is 549 g/mol. The standard InChI is InChI=1S/C32H31Cl2NO5/c33-27-15-14-25(18-28(27)34)29(36)19-26(22-8-12-24(13-9-22)32(40)35-17-16-30(37)38)31(39)23-10-6-21(7-11-23)20-4-2-1-3-5-20/h6-15,18,20,26H,1-5,16-17,19H2,(H,35,40)(H,37,38). The highest BCUT2D eigenvalue weighted by atomic mass is 35.5. The highest BCUT2D eigenvalue weighted by Crippen LogP contribution is 2.34. The number of carbonyl (C=O) groups excluding carboxylic acids is 3. The van der Waals surface area contributed by atoms with Gasteiger partial charge in [0.15, 0.2) is 11.6 Å². The molecule has 2 N–H and O–H groups in total. The maximum absolute atomic E-state index is 13.8. The van der Waals surface area contributed by atoms with E-state index in [0.717, 1.165) is 12.8 Å². The molecule has 0 bridgehead atoms. The Balaban J connectivity index is 1.57. The molecule has 0 heterocycles. The maximum Gasteiger partial charge on any atom is 0.305 e. The fourth-order valence-electron chi connectivity index (χ4n) is 5.14. The molecule has 1 fully saturated rings. The second kappa shape index (κ2) is 13.7. The van der Waals surface area contributed by atoms with Gasteiger partial charge in [-0.3, -0.25) is 19.2 Å². The first-order valence-corrected chi connectivity index (χ1v) is 14.2. The molecule has 1 aliphatic carbocycles. The summed E-state index contributed by atoms with van der Waals surface area (Å²) in [6.45, 7) is 0.00599. The smallest absolute Gasteiger partial charge is 0.305 e. The Hall–Kier alpha value is -3.48. The third-order valence-electron chi connectivity index (χ3n) is 7.42. The fourth-order valence-corrected chi connectivity index (χ4v) is 5.44. The van der Waals surface area contributed by atoms with E-state index in [1.807, 2.05) is 24.3 Å². The first kappa shape index (κ1) is 29.5. The van der Waals surface area contributed by atoms with Gasteiger partial charge in [-0.05, 0) is 60.2 Å². The number of nitrogens with one attached hydrogen (secondary N) is 1. The van der Waals surface area contributed by atoms with Gasteiger partial charge in [-0.2, -0.15) is 0 Å². The van der Waals surface area contributed by atoms with Crippen molar-refractivity contribution in [2.24, 2.45) is 0 Å². The average molecular weight is 581 g/mol. The van der Waals surface area contributed by atoms with E-state index in [0.29, 0.717) is 33.2 Å². The number of hydrogen-bond donors (Lipinski definition) is 2. The summed E-state index contributed by atoms with van der Waals surface area (Å²) in [7, 11) is 0. The lowest BCUT2D eigenvalue weighted by atomic mass is 9.82. The van der Waals surface area contributed by atoms with E-state index in [1.165, 1.54) is 30.9 Å². The number of amides is 1. The molecule has 3 aromatic carbocycles. The Morgan fingerprint density at radius 1 is 0.800 bits per heavy atom. The summed E-state index contributed by atoms with van der Waals surface area (Å²) in [4.78, 5) is 50.2. The molecule has 4 rings (SSSR count). The molecule has 0 radical (unpaired) electrons. The first-order valence-electron chi connectivity index (χ1n) is 13.5. The van der Waals surface area contributed by atoms with Crippen LogP contribution in [0.5, 0.6) is 0 Å². The van der Waals surface area contributed by atoms with E-state index in [-0.39, 0.29) is 36.0 Å². The minimum absolute atomic E-state index is 0.00599. The topological polar surface area (TPSA) is 101 Å². The van der Waals surface area contributed by atoms with Gasteiger partial charge in [-0.15, -0.1) is 0 Å². The maximum atomic E-state index is 13.8. The van der Waals surface area contributed by atoms with E-state index < -0.39 is 17.8 Å². The van der Waals surface area contributed by atoms with Gasteiger partial charge in [0.05, 0.1) is 22.4 Å². The monoisotopic (exact) mass is 579 g/mol. The van der Waals surface area contributed by atoms with Gasteiger partial charge in [-0.1, -0.05) is 78.9 Å². The Labute approximate surface area is 243 Å². The van der Waals surface area contributed by atoms with E-state index in [2.05, 4.69) is 5.32 Å². The number of benzene rings is 3. The third kappa shape index (κ3) is 7.58. The van der Waals surface area contributed by atoms with Crippen LogP contribution in [0.2, 0.25) is 10.0 Å². The van der Waals surface area contributed by atoms with Crippen molar-refractivity contribution in [2.45, 2.75) is 56.8 Å². The summed E-state index contributed by atoms with van der Waals surface area (Å²) in [6, 6.07) is 18.8. The normalized spacial score (nSPS) is 14.3. The van der Waals surface area contributed by atoms with Gasteiger partial charge < -0.3 is 10.4 Å². The predicted octanol–water partition coefficient (Wildman–Crippen LogP) is 7.49. The van der Waals surface area contributed by atoms with Crippen molar-refractivity contribution < 1.29 is 24.3 Å². The summed E-state index contributed by atoms with van der Waals surface area (Å²) >= 11 is 12.1. The molecule has 8 heteroatoms. The lowest BCUT2D eigenvalue weighted by Gasteiger charge is -2.22. The van der Waals surface area contributed by atoms with Gasteiger partial charge in [0.25, 0.3) is 5.91 Å². The van der Waals surface area contributed by atoms with Crippen LogP contribution in [0, 0.1) is 0 Å². The summed E-state index contributed by atoms with van der Waals surface area (Å²) in [5.74, 6) is -2.14. The van der Waals surface area contributed by atoms with Gasteiger partial charge >= 0.3 is 5.97 Å². The summed E-state index contributed by atoms with van der Waals surface area (Å²) in [6.07, 6.45) is 5.75. The molecular formula is C32H31Cl2NO5. The molecule has 0 spiro atoms. The molecule has 1 aliphatic rings. The van der Waals surface area contributed by atoms with E-state index >= 15 is 0 Å². The zero-order valence-corrected chi connectivity index (χ0v) is 23.5. The number of carbonyl (C=O) groups is 4. The molecule has 40 heavy (non-hydrogen) atoms. The van der Waals surface area contributed by atoms with Crippen LogP contribution in [-0.2, 0) is 4.79 Å². The van der Waals surface area contributed by atoms with Crippen LogP contribution in [-0.4, -0.2) is 35.1 Å². The molecule has 0 aromatic heterocycles. The van der Waals surface area contributed by atoms with Crippen LogP contribution in [0.15, 0.2) is 66.7 Å². The van der Waals surface area contributed by atoms with E-state index in [9.17, 15) is 19.2 Å². The second-order valence-electron chi connectivity index (χ2n) is 10.2. The van der Waals surface area contributed by atoms with Crippen LogP contribution in [0.1, 0.15) is 99.0 Å². The largest absolute Gasteiger partial charge is 0.481 e. The highest BCUT2D eigenvalue weighted by molar-refractivity contribution is 6.42. The van der Waals surface area contributed by atoms with Gasteiger partial charge in [-0.25, -0.2) is 0 Å². The second-order valence-corrected chi connectivity index (χ2v) is 11.0. The molecule has 1 unspecified atom stereocenters. The van der Waals surface area contributed by atoms with Crippen LogP contribution in [0.4, 0.5) is 0 Å². The quantitative estimate of drug-likeness (QED) is 0.229. The number of Topliss-reactive ketones (excluding diaryl/α,β-unsaturated/α-hetero) is 2. The minimum Gasteiger partial charge on any atom is -0.481 e. The summed E-state index contributed by atoms with van der Waals surface area (Å²) < 4.78 is 0. The number of carboxylic acids is 1. The minimum atomic E-state index is -1.00. The zero-order chi connectivity index (χ0) is 28.6. The summed E-state index contributed by atoms with van der Waals surface area (Å²) in [5.41, 5.74) is 3.03. The van der Waals surface area contributed by atoms with Gasteiger partial charge in [0.1, 0.15) is 0 Å². The molecule has 1 amide bonds. The molecule has 208 valence electrons. The molecule has 1 atom stereocenters. The molecule has 0 aliphatic heterocycles. The molecule has 0 saturated heterocycles. The average Bonchev–Trinajstić information content (AvgIpc) is 2.97. The van der Waals surface area contributed by atoms with Crippen molar-refractivity contribution in [3.05, 3.63) is 105 Å². The molecule has 3 aromatic rings. The Kier molecular flexibility index (Phi) is 10.1. The lowest BCUT2D eigenvalue weighted by Crippen LogP contribution is -2.26. The fraction of sp³-hybridized carbons (Fsp3) is 0.312. The third-order valence-corrected chi connectivity index (χ3v) is 8.16. The van der Waals surface area contributed by atoms with Crippen molar-refractivity contribution in [3.63, 3.8) is 0 Å². The number of rotatable bonds is 11. The summed E-state index contributed by atoms with van der Waals surface area (Å²) in [5, 5.41) is 11.9. The lowest BCUT2D eigenvalue weighted by molar-refractivity contribution is -0.136. The van der Waals surface area contributed by atoms with Crippen molar-refractivity contribution in [1.82, 2.24) is 5.32 Å². The zero-order valence-electron chi connectivity index (χ0n) is 22.0. The first-order chi connectivity index (χ1) is 19.2. The van der Waals surface area contributed by atoms with E-state index in [4.69, 9.17) is 28.3 Å². The van der Waals surface area contributed by atoms with Crippen molar-refractivity contribution in [3.8, 4) is 0 Å². The predicted molar refractivity (Wildman–Crippen MR) is 156 cm³/mol. The van der Waals surface area contributed by atoms with Crippen LogP contribution in [0.3, 0.4) is 0 Å². The Bertz CT molecular complexity index is 1380. The Morgan fingerprint density at radius 3 is 2.05 bits per heavy atom. The van der Waals surface area contributed by atoms with Crippen molar-refractivity contribution >= 4 is 46.6 Å². The van der Waals surface area contributed by atoms with Gasteiger partial charge in [0, 0.05) is 29.7 Å². The van der Waals surface area contributed by atoms with Crippen LogP contribution in [0.25, 0.3) is 0 Å². The number of ketones is 2. The Morgan fingerprint density at radius 2 is 1.43 bits per heavy atom. The molecule has 6 nitrogen and oxygen atoms in total. The number of carboxylic acid groups (broad SMARTS) is 1. The van der Waals surface area contributed by atoms with Crippen LogP contribution < -0.4 is 5.32 Å².